The Hall–Kier alpha value is -1.89. The van der Waals surface area contributed by atoms with Crippen molar-refractivity contribution in [3.8, 4) is 0 Å². The summed E-state index contributed by atoms with van der Waals surface area (Å²) < 4.78 is 5.63. The monoisotopic (exact) mass is 318 g/mol. The third-order valence-electron chi connectivity index (χ3n) is 4.70. The normalized spacial score (nSPS) is 24.8. The maximum absolute atomic E-state index is 11.7. The van der Waals surface area contributed by atoms with Crippen molar-refractivity contribution >= 4 is 33.5 Å². The van der Waals surface area contributed by atoms with E-state index in [0.29, 0.717) is 13.1 Å². The van der Waals surface area contributed by atoms with E-state index in [9.17, 15) is 4.79 Å². The van der Waals surface area contributed by atoms with E-state index < -0.39 is 0 Å². The van der Waals surface area contributed by atoms with E-state index in [1.807, 2.05) is 0 Å². The molecule has 2 aliphatic rings. The lowest BCUT2D eigenvalue weighted by Gasteiger charge is -2.22. The highest BCUT2D eigenvalue weighted by Gasteiger charge is 2.49. The van der Waals surface area contributed by atoms with Gasteiger partial charge in [0.05, 0.1) is 18.5 Å². The summed E-state index contributed by atoms with van der Waals surface area (Å²) in [6.45, 7) is 6.43. The van der Waals surface area contributed by atoms with Gasteiger partial charge in [0.1, 0.15) is 17.0 Å². The second-order valence-electron chi connectivity index (χ2n) is 6.24. The number of hydrogen-bond donors (Lipinski definition) is 0. The number of thiophene rings is 1. The summed E-state index contributed by atoms with van der Waals surface area (Å²) >= 11 is 1.70. The fourth-order valence-corrected chi connectivity index (χ4v) is 4.43. The first-order valence-corrected chi connectivity index (χ1v) is 8.20. The molecule has 1 spiro atoms. The summed E-state index contributed by atoms with van der Waals surface area (Å²) in [5.41, 5.74) is 0.860. The SMILES string of the molecule is Cc1sc2ncnc(N3CC[C@@]4(CN(C)C(=O)O4)C3)c2c1C. The lowest BCUT2D eigenvalue weighted by Crippen LogP contribution is -2.37. The molecule has 2 saturated heterocycles. The molecule has 0 bridgehead atoms. The molecule has 0 radical (unpaired) electrons. The van der Waals surface area contributed by atoms with E-state index in [1.165, 1.54) is 10.4 Å². The molecule has 116 valence electrons. The first-order chi connectivity index (χ1) is 10.5. The number of rotatable bonds is 1. The number of likely N-dealkylation sites (N-methyl/N-ethyl adjacent to an activating group) is 1. The molecule has 0 saturated carbocycles. The number of aromatic nitrogens is 2. The Bertz CT molecular complexity index is 774. The van der Waals surface area contributed by atoms with Gasteiger partial charge in [0.2, 0.25) is 0 Å². The third kappa shape index (κ3) is 1.88. The summed E-state index contributed by atoms with van der Waals surface area (Å²) in [5.74, 6) is 0.967. The van der Waals surface area contributed by atoms with Crippen LogP contribution < -0.4 is 4.90 Å². The minimum atomic E-state index is -0.387. The van der Waals surface area contributed by atoms with Gasteiger partial charge in [-0.1, -0.05) is 0 Å². The number of nitrogens with zero attached hydrogens (tertiary/aromatic N) is 4. The Kier molecular flexibility index (Phi) is 2.84. The highest BCUT2D eigenvalue weighted by atomic mass is 32.1. The molecule has 2 aliphatic heterocycles. The van der Waals surface area contributed by atoms with Gasteiger partial charge in [0, 0.05) is 24.9 Å². The van der Waals surface area contributed by atoms with Gasteiger partial charge < -0.3 is 14.5 Å². The van der Waals surface area contributed by atoms with Gasteiger partial charge in [-0.15, -0.1) is 11.3 Å². The van der Waals surface area contributed by atoms with Crippen molar-refractivity contribution in [3.05, 3.63) is 16.8 Å². The number of aryl methyl sites for hydroxylation is 2. The zero-order valence-corrected chi connectivity index (χ0v) is 13.7. The molecule has 2 aromatic heterocycles. The van der Waals surface area contributed by atoms with Crippen molar-refractivity contribution in [1.82, 2.24) is 14.9 Å². The molecular weight excluding hydrogens is 300 g/mol. The summed E-state index contributed by atoms with van der Waals surface area (Å²) in [7, 11) is 1.79. The zero-order valence-electron chi connectivity index (χ0n) is 12.9. The Morgan fingerprint density at radius 2 is 2.14 bits per heavy atom. The lowest BCUT2D eigenvalue weighted by atomic mass is 10.0. The molecule has 0 aromatic carbocycles. The number of ether oxygens (including phenoxy) is 1. The van der Waals surface area contributed by atoms with E-state index in [4.69, 9.17) is 4.74 Å². The second kappa shape index (κ2) is 4.55. The number of amides is 1. The minimum absolute atomic E-state index is 0.225. The molecule has 0 aliphatic carbocycles. The van der Waals surface area contributed by atoms with Crippen molar-refractivity contribution in [2.24, 2.45) is 0 Å². The van der Waals surface area contributed by atoms with Crippen LogP contribution in [0.1, 0.15) is 16.9 Å². The largest absolute Gasteiger partial charge is 0.439 e. The number of fused-ring (bicyclic) bond motifs is 1. The lowest BCUT2D eigenvalue weighted by molar-refractivity contribution is 0.0742. The summed E-state index contributed by atoms with van der Waals surface area (Å²) in [6, 6.07) is 0. The number of carbonyl (C=O) groups is 1. The van der Waals surface area contributed by atoms with Crippen LogP contribution in [0.15, 0.2) is 6.33 Å². The average Bonchev–Trinajstić information content (AvgIpc) is 3.10. The van der Waals surface area contributed by atoms with Crippen LogP contribution in [-0.2, 0) is 4.74 Å². The van der Waals surface area contributed by atoms with Crippen LogP contribution in [0.5, 0.6) is 0 Å². The van der Waals surface area contributed by atoms with Crippen LogP contribution in [0.3, 0.4) is 0 Å². The number of hydrogen-bond acceptors (Lipinski definition) is 6. The highest BCUT2D eigenvalue weighted by Crippen LogP contribution is 2.39. The minimum Gasteiger partial charge on any atom is -0.439 e. The Labute approximate surface area is 132 Å². The van der Waals surface area contributed by atoms with Gasteiger partial charge in [-0.25, -0.2) is 14.8 Å². The van der Waals surface area contributed by atoms with Crippen LogP contribution in [0, 0.1) is 13.8 Å². The van der Waals surface area contributed by atoms with Gasteiger partial charge in [-0.05, 0) is 19.4 Å². The van der Waals surface area contributed by atoms with E-state index in [0.717, 1.165) is 29.0 Å². The Balaban J connectivity index is 1.71. The molecule has 22 heavy (non-hydrogen) atoms. The van der Waals surface area contributed by atoms with Crippen molar-refractivity contribution in [1.29, 1.82) is 0 Å². The third-order valence-corrected chi connectivity index (χ3v) is 5.82. The molecule has 6 nitrogen and oxygen atoms in total. The standard InChI is InChI=1S/C15H18N4O2S/c1-9-10(2)22-13-11(9)12(16-8-17-13)19-5-4-15(7-19)6-18(3)14(20)21-15/h8H,4-7H2,1-3H3/t15-/m1/s1. The van der Waals surface area contributed by atoms with Crippen LogP contribution in [0.4, 0.5) is 10.6 Å². The number of anilines is 1. The molecule has 0 unspecified atom stereocenters. The average molecular weight is 318 g/mol. The van der Waals surface area contributed by atoms with Crippen molar-refractivity contribution < 1.29 is 9.53 Å². The highest BCUT2D eigenvalue weighted by molar-refractivity contribution is 7.18. The van der Waals surface area contributed by atoms with E-state index in [2.05, 4.69) is 28.7 Å². The molecular formula is C15H18N4O2S. The van der Waals surface area contributed by atoms with Crippen LogP contribution in [0.25, 0.3) is 10.2 Å². The molecule has 7 heteroatoms. The Morgan fingerprint density at radius 3 is 2.86 bits per heavy atom. The predicted molar refractivity (Wildman–Crippen MR) is 85.6 cm³/mol. The smallest absolute Gasteiger partial charge is 0.410 e. The molecule has 2 fully saturated rings. The zero-order chi connectivity index (χ0) is 15.5. The van der Waals surface area contributed by atoms with Crippen LogP contribution in [-0.4, -0.2) is 53.2 Å². The van der Waals surface area contributed by atoms with Crippen LogP contribution >= 0.6 is 11.3 Å². The molecule has 1 amide bonds. The predicted octanol–water partition coefficient (Wildman–Crippen LogP) is 2.34. The number of carbonyl (C=O) groups excluding carboxylic acids is 1. The molecule has 4 heterocycles. The van der Waals surface area contributed by atoms with Crippen molar-refractivity contribution in [2.45, 2.75) is 25.9 Å². The van der Waals surface area contributed by atoms with Crippen LogP contribution in [0.2, 0.25) is 0 Å². The van der Waals surface area contributed by atoms with Gasteiger partial charge in [-0.2, -0.15) is 0 Å². The maximum atomic E-state index is 11.7. The summed E-state index contributed by atoms with van der Waals surface area (Å²) in [5, 5.41) is 1.14. The maximum Gasteiger partial charge on any atom is 0.410 e. The summed E-state index contributed by atoms with van der Waals surface area (Å²) in [4.78, 5) is 26.8. The Morgan fingerprint density at radius 1 is 1.32 bits per heavy atom. The molecule has 0 N–H and O–H groups in total. The fourth-order valence-electron chi connectivity index (χ4n) is 3.43. The van der Waals surface area contributed by atoms with Gasteiger partial charge in [0.15, 0.2) is 5.60 Å². The van der Waals surface area contributed by atoms with Crippen molar-refractivity contribution in [3.63, 3.8) is 0 Å². The molecule has 4 rings (SSSR count). The summed E-state index contributed by atoms with van der Waals surface area (Å²) in [6.07, 6.45) is 2.25. The molecule has 1 atom stereocenters. The quantitative estimate of drug-likeness (QED) is 0.808. The second-order valence-corrected chi connectivity index (χ2v) is 7.44. The van der Waals surface area contributed by atoms with Gasteiger partial charge in [-0.3, -0.25) is 0 Å². The van der Waals surface area contributed by atoms with E-state index >= 15 is 0 Å². The van der Waals surface area contributed by atoms with E-state index in [1.54, 1.807) is 29.6 Å². The molecule has 2 aromatic rings. The van der Waals surface area contributed by atoms with Gasteiger partial charge in [0.25, 0.3) is 0 Å². The van der Waals surface area contributed by atoms with E-state index in [-0.39, 0.29) is 11.7 Å². The fraction of sp³-hybridized carbons (Fsp3) is 0.533. The first-order valence-electron chi connectivity index (χ1n) is 7.39. The van der Waals surface area contributed by atoms with Gasteiger partial charge >= 0.3 is 6.09 Å². The van der Waals surface area contributed by atoms with Crippen molar-refractivity contribution in [2.75, 3.05) is 31.6 Å². The topological polar surface area (TPSA) is 58.6 Å². The first kappa shape index (κ1) is 13.8.